The predicted octanol–water partition coefficient (Wildman–Crippen LogP) is 2.47. The van der Waals surface area contributed by atoms with Crippen LogP contribution in [0.4, 0.5) is 4.39 Å². The van der Waals surface area contributed by atoms with E-state index in [0.717, 1.165) is 0 Å². The maximum Gasteiger partial charge on any atom is 0.183 e. The first kappa shape index (κ1) is 15.4. The minimum Gasteiger partial charge on any atom is -0.302 e. The smallest absolute Gasteiger partial charge is 0.183 e. The number of nitrogens with zero attached hydrogens (tertiary/aromatic N) is 1. The molecular formula is C17H12FNO3S. The van der Waals surface area contributed by atoms with E-state index in [1.807, 2.05) is 6.07 Å². The molecule has 0 N–H and O–H groups in total. The summed E-state index contributed by atoms with van der Waals surface area (Å²) in [5.74, 6) is -1.41. The monoisotopic (exact) mass is 329 g/mol. The van der Waals surface area contributed by atoms with Crippen molar-refractivity contribution in [3.63, 3.8) is 0 Å². The lowest BCUT2D eigenvalue weighted by atomic mass is 10.0. The van der Waals surface area contributed by atoms with Crippen molar-refractivity contribution in [3.8, 4) is 6.07 Å². The molecule has 0 saturated heterocycles. The molecule has 0 spiro atoms. The average molecular weight is 329 g/mol. The highest BCUT2D eigenvalue weighted by Crippen LogP contribution is 2.62. The Bertz CT molecular complexity index is 905. The van der Waals surface area contributed by atoms with E-state index >= 15 is 0 Å². The van der Waals surface area contributed by atoms with Crippen LogP contribution in [0.5, 0.6) is 0 Å². The van der Waals surface area contributed by atoms with E-state index in [9.17, 15) is 22.9 Å². The van der Waals surface area contributed by atoms with Crippen molar-refractivity contribution >= 4 is 16.1 Å². The zero-order valence-corrected chi connectivity index (χ0v) is 12.7. The van der Waals surface area contributed by atoms with Crippen molar-refractivity contribution in [2.45, 2.75) is 16.1 Å². The molecule has 0 amide bonds. The van der Waals surface area contributed by atoms with Crippen molar-refractivity contribution in [3.05, 3.63) is 66.0 Å². The Morgan fingerprint density at radius 3 is 2.39 bits per heavy atom. The summed E-state index contributed by atoms with van der Waals surface area (Å²) in [5.41, 5.74) is -1.34. The van der Waals surface area contributed by atoms with Gasteiger partial charge in [0.05, 0.1) is 11.0 Å². The van der Waals surface area contributed by atoms with E-state index in [0.29, 0.717) is 11.8 Å². The second-order valence-electron chi connectivity index (χ2n) is 5.47. The summed E-state index contributed by atoms with van der Waals surface area (Å²) in [4.78, 5) is 11.5. The number of rotatable bonds is 4. The van der Waals surface area contributed by atoms with Crippen molar-refractivity contribution in [2.75, 3.05) is 0 Å². The van der Waals surface area contributed by atoms with Crippen LogP contribution in [0.15, 0.2) is 59.5 Å². The van der Waals surface area contributed by atoms with Gasteiger partial charge >= 0.3 is 0 Å². The number of benzene rings is 2. The molecule has 1 aliphatic carbocycles. The molecule has 4 nitrogen and oxygen atoms in total. The summed E-state index contributed by atoms with van der Waals surface area (Å²) in [5, 5.41) is 8.19. The fraction of sp³-hybridized carbons (Fsp3) is 0.176. The normalized spacial score (nSPS) is 26.3. The minimum atomic E-state index is -3.88. The lowest BCUT2D eigenvalue weighted by molar-refractivity contribution is -0.110. The van der Waals surface area contributed by atoms with Gasteiger partial charge in [-0.25, -0.2) is 12.8 Å². The Hall–Kier alpha value is -2.52. The number of carbonyl (C=O) groups excluding carboxylic acids is 1. The van der Waals surface area contributed by atoms with Gasteiger partial charge in [0.15, 0.2) is 9.84 Å². The van der Waals surface area contributed by atoms with Crippen LogP contribution >= 0.6 is 0 Å². The van der Waals surface area contributed by atoms with Gasteiger partial charge < -0.3 is 4.79 Å². The number of sulfone groups is 1. The number of hydrogen-bond donors (Lipinski definition) is 0. The van der Waals surface area contributed by atoms with Crippen LogP contribution in [-0.4, -0.2) is 20.0 Å². The standard InChI is InChI=1S/C17H12FNO3S/c18-13-6-4-5-12(9-13)15-16(17(15,10-19)11-20)23(21,22)14-7-2-1-3-8-14/h1-9,11,15-16H/t15-,16+,17-/m0/s1. The highest BCUT2D eigenvalue weighted by molar-refractivity contribution is 7.92. The second-order valence-corrected chi connectivity index (χ2v) is 7.54. The number of nitriles is 1. The third-order valence-electron chi connectivity index (χ3n) is 4.18. The summed E-state index contributed by atoms with van der Waals surface area (Å²) in [6.45, 7) is 0. The highest BCUT2D eigenvalue weighted by Gasteiger charge is 2.72. The summed E-state index contributed by atoms with van der Waals surface area (Å²) in [7, 11) is -3.88. The van der Waals surface area contributed by atoms with Crippen LogP contribution in [0.2, 0.25) is 0 Å². The second kappa shape index (κ2) is 5.28. The van der Waals surface area contributed by atoms with E-state index < -0.39 is 32.2 Å². The maximum atomic E-state index is 13.4. The van der Waals surface area contributed by atoms with Crippen LogP contribution in [0, 0.1) is 22.6 Å². The number of halogens is 1. The largest absolute Gasteiger partial charge is 0.302 e. The molecule has 0 unspecified atom stereocenters. The lowest BCUT2D eigenvalue weighted by Crippen LogP contribution is -2.16. The van der Waals surface area contributed by atoms with Gasteiger partial charge in [-0.1, -0.05) is 30.3 Å². The Labute approximate surface area is 133 Å². The summed E-state index contributed by atoms with van der Waals surface area (Å²) < 4.78 is 39.0. The topological polar surface area (TPSA) is 75.0 Å². The molecule has 116 valence electrons. The minimum absolute atomic E-state index is 0.0466. The van der Waals surface area contributed by atoms with Gasteiger partial charge in [0.25, 0.3) is 0 Å². The molecule has 2 aromatic rings. The quantitative estimate of drug-likeness (QED) is 0.808. The van der Waals surface area contributed by atoms with Crippen LogP contribution in [-0.2, 0) is 14.6 Å². The van der Waals surface area contributed by atoms with Gasteiger partial charge in [-0.3, -0.25) is 0 Å². The SMILES string of the molecule is N#C[C@@]1(C=O)[C@H](S(=O)(=O)c2ccccc2)[C@@H]1c1cccc(F)c1. The molecule has 1 saturated carbocycles. The lowest BCUT2D eigenvalue weighted by Gasteiger charge is -2.04. The van der Waals surface area contributed by atoms with E-state index in [2.05, 4.69) is 0 Å². The molecule has 1 fully saturated rings. The highest BCUT2D eigenvalue weighted by atomic mass is 32.2. The average Bonchev–Trinajstić information content (AvgIpc) is 3.26. The number of aldehydes is 1. The maximum absolute atomic E-state index is 13.4. The molecular weight excluding hydrogens is 317 g/mol. The Balaban J connectivity index is 2.11. The Kier molecular flexibility index (Phi) is 3.53. The summed E-state index contributed by atoms with van der Waals surface area (Å²) in [6.07, 6.45) is 0.369. The molecule has 0 aliphatic heterocycles. The summed E-state index contributed by atoms with van der Waals surface area (Å²) >= 11 is 0. The zero-order valence-electron chi connectivity index (χ0n) is 11.9. The van der Waals surface area contributed by atoms with Gasteiger partial charge in [0.1, 0.15) is 22.8 Å². The third-order valence-corrected chi connectivity index (χ3v) is 6.44. The van der Waals surface area contributed by atoms with Crippen LogP contribution < -0.4 is 0 Å². The van der Waals surface area contributed by atoms with Gasteiger partial charge in [0, 0.05) is 5.92 Å². The van der Waals surface area contributed by atoms with Gasteiger partial charge in [-0.05, 0) is 29.8 Å². The molecule has 1 aliphatic rings. The van der Waals surface area contributed by atoms with Crippen LogP contribution in [0.3, 0.4) is 0 Å². The van der Waals surface area contributed by atoms with E-state index in [1.165, 1.54) is 36.4 Å². The molecule has 23 heavy (non-hydrogen) atoms. The molecule has 3 atom stereocenters. The fourth-order valence-electron chi connectivity index (χ4n) is 3.02. The Morgan fingerprint density at radius 2 is 1.83 bits per heavy atom. The Morgan fingerprint density at radius 1 is 1.13 bits per heavy atom. The molecule has 0 bridgehead atoms. The van der Waals surface area contributed by atoms with E-state index in [1.54, 1.807) is 18.2 Å². The van der Waals surface area contributed by atoms with Crippen molar-refractivity contribution in [1.29, 1.82) is 5.26 Å². The predicted molar refractivity (Wildman–Crippen MR) is 80.7 cm³/mol. The first-order valence-corrected chi connectivity index (χ1v) is 8.44. The van der Waals surface area contributed by atoms with Gasteiger partial charge in [-0.2, -0.15) is 5.26 Å². The molecule has 3 rings (SSSR count). The van der Waals surface area contributed by atoms with Crippen molar-refractivity contribution in [2.24, 2.45) is 5.41 Å². The van der Waals surface area contributed by atoms with Crippen molar-refractivity contribution in [1.82, 2.24) is 0 Å². The van der Waals surface area contributed by atoms with Crippen LogP contribution in [0.1, 0.15) is 11.5 Å². The summed E-state index contributed by atoms with van der Waals surface area (Å²) in [6, 6.07) is 14.8. The van der Waals surface area contributed by atoms with Gasteiger partial charge in [-0.15, -0.1) is 0 Å². The molecule has 6 heteroatoms. The van der Waals surface area contributed by atoms with Gasteiger partial charge in [0.2, 0.25) is 0 Å². The fourth-order valence-corrected chi connectivity index (χ4v) is 5.28. The zero-order chi connectivity index (χ0) is 16.7. The first-order valence-electron chi connectivity index (χ1n) is 6.89. The number of carbonyl (C=O) groups is 1. The first-order chi connectivity index (χ1) is 11.0. The molecule has 0 heterocycles. The van der Waals surface area contributed by atoms with E-state index in [-0.39, 0.29) is 4.90 Å². The molecule has 0 radical (unpaired) electrons. The molecule has 0 aromatic heterocycles. The van der Waals surface area contributed by atoms with E-state index in [4.69, 9.17) is 0 Å². The third kappa shape index (κ3) is 2.25. The molecule has 2 aromatic carbocycles. The van der Waals surface area contributed by atoms with Crippen molar-refractivity contribution < 1.29 is 17.6 Å². The van der Waals surface area contributed by atoms with Crippen LogP contribution in [0.25, 0.3) is 0 Å². The number of hydrogen-bond acceptors (Lipinski definition) is 4.